The summed E-state index contributed by atoms with van der Waals surface area (Å²) in [6.07, 6.45) is 0.955. The molecule has 0 saturated carbocycles. The summed E-state index contributed by atoms with van der Waals surface area (Å²) >= 11 is 8.63. The van der Waals surface area contributed by atoms with Crippen molar-refractivity contribution in [1.29, 1.82) is 5.26 Å². The number of rotatable bonds is 6. The van der Waals surface area contributed by atoms with Crippen molar-refractivity contribution in [3.63, 3.8) is 0 Å². The van der Waals surface area contributed by atoms with Crippen LogP contribution in [0.5, 0.6) is 0 Å². The molecule has 1 aromatic heterocycles. The first kappa shape index (κ1) is 27.9. The van der Waals surface area contributed by atoms with Crippen LogP contribution in [0.1, 0.15) is 43.7 Å². The molecule has 0 bridgehead atoms. The molecule has 2 heterocycles. The van der Waals surface area contributed by atoms with Gasteiger partial charge in [0.2, 0.25) is 11.0 Å². The molecule has 2 aliphatic rings. The number of nitriles is 1. The SMILES string of the molecule is Cc1ccccc1C1C(C#N)=C(N)N(c2nnc(SCC(=O)Nc3ccccc3Cl)s2)C2=C1C(=O)CC(C)(C)C2. The van der Waals surface area contributed by atoms with Crippen molar-refractivity contribution < 1.29 is 9.59 Å². The Hall–Kier alpha value is -3.65. The van der Waals surface area contributed by atoms with E-state index in [1.54, 1.807) is 29.2 Å². The molecule has 2 aromatic carbocycles. The second-order valence-electron chi connectivity index (χ2n) is 10.5. The van der Waals surface area contributed by atoms with E-state index in [-0.39, 0.29) is 28.7 Å². The highest BCUT2D eigenvalue weighted by molar-refractivity contribution is 8.01. The zero-order valence-corrected chi connectivity index (χ0v) is 24.6. The molecule has 3 aromatic rings. The third kappa shape index (κ3) is 5.37. The molecule has 204 valence electrons. The highest BCUT2D eigenvalue weighted by Crippen LogP contribution is 2.51. The maximum absolute atomic E-state index is 13.7. The van der Waals surface area contributed by atoms with E-state index in [1.165, 1.54) is 23.1 Å². The average molecular weight is 591 g/mol. The molecule has 0 saturated heterocycles. The molecule has 1 aliphatic heterocycles. The maximum Gasteiger partial charge on any atom is 0.234 e. The molecular weight excluding hydrogens is 564 g/mol. The lowest BCUT2D eigenvalue weighted by atomic mass is 9.68. The molecule has 11 heteroatoms. The van der Waals surface area contributed by atoms with E-state index < -0.39 is 5.92 Å². The molecule has 1 aliphatic carbocycles. The van der Waals surface area contributed by atoms with E-state index in [0.717, 1.165) is 16.8 Å². The second kappa shape index (κ2) is 11.1. The van der Waals surface area contributed by atoms with Gasteiger partial charge in [0.05, 0.1) is 34.0 Å². The number of thioether (sulfide) groups is 1. The van der Waals surface area contributed by atoms with Crippen LogP contribution in [0.25, 0.3) is 0 Å². The Morgan fingerprint density at radius 3 is 2.67 bits per heavy atom. The Kier molecular flexibility index (Phi) is 7.73. The van der Waals surface area contributed by atoms with Crippen molar-refractivity contribution in [2.45, 2.75) is 43.9 Å². The Morgan fingerprint density at radius 2 is 1.95 bits per heavy atom. The molecular formula is C29H27ClN6O2S2. The van der Waals surface area contributed by atoms with Gasteiger partial charge in [0.15, 0.2) is 10.1 Å². The number of nitrogens with two attached hydrogens (primary N) is 1. The largest absolute Gasteiger partial charge is 0.384 e. The van der Waals surface area contributed by atoms with E-state index in [0.29, 0.717) is 44.2 Å². The number of benzene rings is 2. The number of anilines is 2. The molecule has 8 nitrogen and oxygen atoms in total. The van der Waals surface area contributed by atoms with Crippen LogP contribution in [0.3, 0.4) is 0 Å². The van der Waals surface area contributed by atoms with Gasteiger partial charge in [-0.25, -0.2) is 0 Å². The van der Waals surface area contributed by atoms with Crippen LogP contribution in [-0.4, -0.2) is 27.6 Å². The molecule has 1 unspecified atom stereocenters. The summed E-state index contributed by atoms with van der Waals surface area (Å²) in [7, 11) is 0. The summed E-state index contributed by atoms with van der Waals surface area (Å²) in [5.74, 6) is -0.436. The number of halogens is 1. The molecule has 1 amide bonds. The van der Waals surface area contributed by atoms with Crippen molar-refractivity contribution in [2.75, 3.05) is 16.0 Å². The third-order valence-corrected chi connectivity index (χ3v) is 9.31. The van der Waals surface area contributed by atoms with Crippen LogP contribution in [0.15, 0.2) is 75.5 Å². The lowest BCUT2D eigenvalue weighted by Gasteiger charge is -2.42. The first-order chi connectivity index (χ1) is 19.1. The lowest BCUT2D eigenvalue weighted by molar-refractivity contribution is -0.118. The summed E-state index contributed by atoms with van der Waals surface area (Å²) in [6.45, 7) is 6.07. The van der Waals surface area contributed by atoms with Gasteiger partial charge in [0.1, 0.15) is 5.82 Å². The fourth-order valence-corrected chi connectivity index (χ4v) is 7.04. The number of amides is 1. The van der Waals surface area contributed by atoms with Crippen molar-refractivity contribution in [3.8, 4) is 6.07 Å². The van der Waals surface area contributed by atoms with Gasteiger partial charge in [-0.1, -0.05) is 84.9 Å². The minimum atomic E-state index is -0.545. The summed E-state index contributed by atoms with van der Waals surface area (Å²) in [6, 6.07) is 17.1. The van der Waals surface area contributed by atoms with Crippen LogP contribution < -0.4 is 16.0 Å². The monoisotopic (exact) mass is 590 g/mol. The molecule has 0 fully saturated rings. The van der Waals surface area contributed by atoms with Crippen LogP contribution >= 0.6 is 34.7 Å². The molecule has 1 atom stereocenters. The van der Waals surface area contributed by atoms with Crippen molar-refractivity contribution >= 4 is 57.2 Å². The van der Waals surface area contributed by atoms with Gasteiger partial charge in [-0.2, -0.15) is 5.26 Å². The maximum atomic E-state index is 13.7. The first-order valence-corrected chi connectivity index (χ1v) is 14.8. The Labute approximate surface area is 245 Å². The Morgan fingerprint density at radius 1 is 1.23 bits per heavy atom. The van der Waals surface area contributed by atoms with E-state index in [9.17, 15) is 14.9 Å². The summed E-state index contributed by atoms with van der Waals surface area (Å²) in [5.41, 5.74) is 10.5. The predicted molar refractivity (Wildman–Crippen MR) is 159 cm³/mol. The van der Waals surface area contributed by atoms with Gasteiger partial charge in [-0.15, -0.1) is 10.2 Å². The lowest BCUT2D eigenvalue weighted by Crippen LogP contribution is -2.42. The number of aromatic nitrogens is 2. The van der Waals surface area contributed by atoms with E-state index in [1.807, 2.05) is 45.0 Å². The van der Waals surface area contributed by atoms with Gasteiger partial charge in [-0.05, 0) is 42.0 Å². The number of carbonyl (C=O) groups is 2. The average Bonchev–Trinajstić information content (AvgIpc) is 3.36. The van der Waals surface area contributed by atoms with E-state index in [4.69, 9.17) is 17.3 Å². The van der Waals surface area contributed by atoms with Crippen molar-refractivity contribution in [1.82, 2.24) is 10.2 Å². The van der Waals surface area contributed by atoms with Crippen LogP contribution in [0.4, 0.5) is 10.8 Å². The number of nitrogens with one attached hydrogen (secondary N) is 1. The summed E-state index contributed by atoms with van der Waals surface area (Å²) in [5, 5.41) is 22.6. The van der Waals surface area contributed by atoms with Crippen LogP contribution in [0, 0.1) is 23.7 Å². The molecule has 0 spiro atoms. The number of ketones is 1. The number of para-hydroxylation sites is 1. The number of allylic oxidation sites excluding steroid dienone is 3. The minimum Gasteiger partial charge on any atom is -0.384 e. The standard InChI is InChI=1S/C29H27ClN6O2S2/c1-16-8-4-5-9-17(16)24-18(14-31)26(32)36(21-12-29(2,3)13-22(37)25(21)24)27-34-35-28(40-27)39-15-23(38)33-20-11-7-6-10-19(20)30/h4-11,24H,12-13,15,32H2,1-3H3,(H,33,38). The van der Waals surface area contributed by atoms with Crippen LogP contribution in [-0.2, 0) is 9.59 Å². The van der Waals surface area contributed by atoms with Gasteiger partial charge >= 0.3 is 0 Å². The predicted octanol–water partition coefficient (Wildman–Crippen LogP) is 6.17. The highest BCUT2D eigenvalue weighted by Gasteiger charge is 2.45. The summed E-state index contributed by atoms with van der Waals surface area (Å²) in [4.78, 5) is 27.9. The minimum absolute atomic E-state index is 0.000102. The highest BCUT2D eigenvalue weighted by atomic mass is 35.5. The van der Waals surface area contributed by atoms with E-state index in [2.05, 4.69) is 21.6 Å². The normalized spacial score (nSPS) is 18.4. The molecule has 3 N–H and O–H groups in total. The number of aryl methyl sites for hydroxylation is 1. The van der Waals surface area contributed by atoms with Gasteiger partial charge < -0.3 is 11.1 Å². The van der Waals surface area contributed by atoms with Crippen molar-refractivity contribution in [2.24, 2.45) is 11.1 Å². The number of hydrogen-bond acceptors (Lipinski definition) is 9. The second-order valence-corrected chi connectivity index (χ2v) is 13.1. The Bertz CT molecular complexity index is 1620. The quantitative estimate of drug-likeness (QED) is 0.326. The van der Waals surface area contributed by atoms with Crippen molar-refractivity contribution in [3.05, 3.63) is 87.3 Å². The van der Waals surface area contributed by atoms with Gasteiger partial charge in [0, 0.05) is 17.7 Å². The number of Topliss-reactive ketones (excluding diaryl/α,β-unsaturated/α-hetero) is 1. The zero-order valence-electron chi connectivity index (χ0n) is 22.2. The van der Waals surface area contributed by atoms with Crippen LogP contribution in [0.2, 0.25) is 5.02 Å². The topological polar surface area (TPSA) is 125 Å². The number of hydrogen-bond donors (Lipinski definition) is 2. The summed E-state index contributed by atoms with van der Waals surface area (Å²) < 4.78 is 0.556. The van der Waals surface area contributed by atoms with Gasteiger partial charge in [-0.3, -0.25) is 14.5 Å². The first-order valence-electron chi connectivity index (χ1n) is 12.6. The number of carbonyl (C=O) groups excluding carboxylic acids is 2. The zero-order chi connectivity index (χ0) is 28.6. The third-order valence-electron chi connectivity index (χ3n) is 6.94. The fraction of sp³-hybridized carbons (Fsp3) is 0.276. The molecule has 40 heavy (non-hydrogen) atoms. The Balaban J connectivity index is 1.48. The molecule has 0 radical (unpaired) electrons. The number of nitrogens with zero attached hydrogens (tertiary/aromatic N) is 4. The fourth-order valence-electron chi connectivity index (χ4n) is 5.18. The van der Waals surface area contributed by atoms with E-state index >= 15 is 0 Å². The molecule has 5 rings (SSSR count). The smallest absolute Gasteiger partial charge is 0.234 e. The van der Waals surface area contributed by atoms with Gasteiger partial charge in [0.25, 0.3) is 0 Å².